The van der Waals surface area contributed by atoms with Crippen LogP contribution in [-0.4, -0.2) is 79.5 Å². The van der Waals surface area contributed by atoms with E-state index in [0.29, 0.717) is 0 Å². The normalized spacial score (nSPS) is 12.1. The molecule has 116 valence electrons. The third-order valence-electron chi connectivity index (χ3n) is 1.24. The van der Waals surface area contributed by atoms with Crippen molar-refractivity contribution in [2.45, 2.75) is 18.6 Å². The molecule has 2 unspecified atom stereocenters. The van der Waals surface area contributed by atoms with Crippen molar-refractivity contribution in [3.05, 3.63) is 0 Å². The van der Waals surface area contributed by atoms with Crippen molar-refractivity contribution in [2.24, 2.45) is 0 Å². The quantitative estimate of drug-likeness (QED) is 0.263. The zero-order chi connectivity index (χ0) is 15.8. The molecule has 0 aromatic carbocycles. The minimum absolute atomic E-state index is 0.0208. The van der Waals surface area contributed by atoms with E-state index in [4.69, 9.17) is 30.6 Å². The molecule has 0 rings (SSSR count). The highest BCUT2D eigenvalue weighted by Crippen LogP contribution is 1.95. The molecule has 0 spiro atoms. The predicted octanol–water partition coefficient (Wildman–Crippen LogP) is -1.92. The Bertz CT molecular complexity index is 204. The van der Waals surface area contributed by atoms with Crippen LogP contribution in [0.2, 0.25) is 0 Å². The average molecular weight is 320 g/mol. The van der Waals surface area contributed by atoms with Crippen molar-refractivity contribution in [1.29, 1.82) is 0 Å². The maximum Gasteiger partial charge on any atom is 0.313 e. The van der Waals surface area contributed by atoms with Crippen molar-refractivity contribution in [1.82, 2.24) is 0 Å². The Morgan fingerprint density at radius 3 is 1.16 bits per heavy atom. The Hall–Kier alpha value is -0.520. The molecule has 19 heavy (non-hydrogen) atoms. The SMILES string of the molecule is O=C(O)CS.O=C(O)CS.OCC(O)CC(O)CO. The monoisotopic (exact) mass is 320 g/mol. The third kappa shape index (κ3) is 31.8. The van der Waals surface area contributed by atoms with Gasteiger partial charge in [-0.3, -0.25) is 9.59 Å². The van der Waals surface area contributed by atoms with Crippen LogP contribution in [-0.2, 0) is 9.59 Å². The topological polar surface area (TPSA) is 156 Å². The maximum atomic E-state index is 9.29. The van der Waals surface area contributed by atoms with Crippen LogP contribution in [0.1, 0.15) is 6.42 Å². The predicted molar refractivity (Wildman–Crippen MR) is 73.8 cm³/mol. The fourth-order valence-corrected chi connectivity index (χ4v) is 0.463. The number of carbonyl (C=O) groups is 2. The van der Waals surface area contributed by atoms with Crippen LogP contribution in [0.25, 0.3) is 0 Å². The molecule has 0 radical (unpaired) electrons. The van der Waals surface area contributed by atoms with E-state index in [2.05, 4.69) is 25.3 Å². The first-order valence-corrected chi connectivity index (χ1v) is 6.24. The highest BCUT2D eigenvalue weighted by Gasteiger charge is 2.08. The number of hydrogen-bond donors (Lipinski definition) is 8. The zero-order valence-electron chi connectivity index (χ0n) is 10.1. The van der Waals surface area contributed by atoms with Gasteiger partial charge in [-0.2, -0.15) is 25.3 Å². The van der Waals surface area contributed by atoms with Crippen LogP contribution in [0.5, 0.6) is 0 Å². The Kier molecular flexibility index (Phi) is 21.7. The first-order chi connectivity index (χ1) is 8.74. The molecule has 0 aliphatic rings. The van der Waals surface area contributed by atoms with Gasteiger partial charge in [-0.25, -0.2) is 0 Å². The molecule has 0 bridgehead atoms. The summed E-state index contributed by atoms with van der Waals surface area (Å²) in [6.07, 6.45) is -1.83. The third-order valence-corrected chi connectivity index (χ3v) is 1.78. The summed E-state index contributed by atoms with van der Waals surface area (Å²) in [6.45, 7) is -0.756. The van der Waals surface area contributed by atoms with Crippen molar-refractivity contribution >= 4 is 37.2 Å². The Morgan fingerprint density at radius 1 is 0.842 bits per heavy atom. The van der Waals surface area contributed by atoms with E-state index >= 15 is 0 Å². The lowest BCUT2D eigenvalue weighted by molar-refractivity contribution is -0.134. The molecule has 0 saturated heterocycles. The average Bonchev–Trinajstić information content (AvgIpc) is 2.39. The van der Waals surface area contributed by atoms with Gasteiger partial charge in [0.15, 0.2) is 0 Å². The maximum absolute atomic E-state index is 9.29. The van der Waals surface area contributed by atoms with Crippen molar-refractivity contribution < 1.29 is 40.2 Å². The molecule has 8 nitrogen and oxygen atoms in total. The number of thiol groups is 2. The van der Waals surface area contributed by atoms with Gasteiger partial charge < -0.3 is 30.6 Å². The molecule has 0 aromatic heterocycles. The molecule has 0 fully saturated rings. The van der Waals surface area contributed by atoms with E-state index in [0.717, 1.165) is 0 Å². The van der Waals surface area contributed by atoms with Crippen LogP contribution >= 0.6 is 25.3 Å². The number of rotatable bonds is 6. The Labute approximate surface area is 121 Å². The summed E-state index contributed by atoms with van der Waals surface area (Å²) in [4.78, 5) is 18.6. The van der Waals surface area contributed by atoms with Crippen molar-refractivity contribution in [3.63, 3.8) is 0 Å². The number of aliphatic hydroxyl groups excluding tert-OH is 4. The second kappa shape index (κ2) is 17.5. The number of aliphatic hydroxyl groups is 4. The first kappa shape index (κ1) is 23.6. The van der Waals surface area contributed by atoms with Gasteiger partial charge in [-0.15, -0.1) is 0 Å². The standard InChI is InChI=1S/C5H12O4.2C2H4O2S/c6-2-4(8)1-5(9)3-7;2*3-2(4)1-5/h4-9H,1-3H2;2*5H,1H2,(H,3,4). The van der Waals surface area contributed by atoms with Gasteiger partial charge in [0.05, 0.1) is 36.9 Å². The highest BCUT2D eigenvalue weighted by molar-refractivity contribution is 7.81. The van der Waals surface area contributed by atoms with Gasteiger partial charge in [-0.05, 0) is 0 Å². The van der Waals surface area contributed by atoms with Gasteiger partial charge in [0.2, 0.25) is 0 Å². The lowest BCUT2D eigenvalue weighted by atomic mass is 10.2. The van der Waals surface area contributed by atoms with Crippen LogP contribution in [0.15, 0.2) is 0 Å². The largest absolute Gasteiger partial charge is 0.481 e. The van der Waals surface area contributed by atoms with E-state index in [1.807, 2.05) is 0 Å². The molecule has 0 aliphatic heterocycles. The summed E-state index contributed by atoms with van der Waals surface area (Å²) in [7, 11) is 0. The van der Waals surface area contributed by atoms with Gasteiger partial charge in [0.25, 0.3) is 0 Å². The summed E-state index contributed by atoms with van der Waals surface area (Å²) in [6, 6.07) is 0. The smallest absolute Gasteiger partial charge is 0.313 e. The van der Waals surface area contributed by atoms with E-state index in [-0.39, 0.29) is 31.1 Å². The zero-order valence-corrected chi connectivity index (χ0v) is 11.9. The van der Waals surface area contributed by atoms with Crippen molar-refractivity contribution in [3.8, 4) is 0 Å². The van der Waals surface area contributed by atoms with Crippen LogP contribution in [0, 0.1) is 0 Å². The van der Waals surface area contributed by atoms with Crippen molar-refractivity contribution in [2.75, 3.05) is 24.7 Å². The van der Waals surface area contributed by atoms with Gasteiger partial charge >= 0.3 is 11.9 Å². The number of aliphatic carboxylic acids is 2. The molecule has 0 aliphatic carbocycles. The van der Waals surface area contributed by atoms with Gasteiger partial charge in [-0.1, -0.05) is 0 Å². The fraction of sp³-hybridized carbons (Fsp3) is 0.778. The summed E-state index contributed by atoms with van der Waals surface area (Å²) < 4.78 is 0. The molecular formula is C9H20O8S2. The molecule has 0 aromatic rings. The van der Waals surface area contributed by atoms with E-state index in [1.54, 1.807) is 0 Å². The van der Waals surface area contributed by atoms with Crippen LogP contribution < -0.4 is 0 Å². The van der Waals surface area contributed by atoms with E-state index in [1.165, 1.54) is 0 Å². The summed E-state index contributed by atoms with van der Waals surface area (Å²) >= 11 is 6.83. The molecule has 10 heteroatoms. The number of hydrogen-bond acceptors (Lipinski definition) is 8. The molecule has 2 atom stereocenters. The molecular weight excluding hydrogens is 300 g/mol. The highest BCUT2D eigenvalue weighted by atomic mass is 32.1. The Morgan fingerprint density at radius 2 is 1.05 bits per heavy atom. The second-order valence-corrected chi connectivity index (χ2v) is 3.64. The summed E-state index contributed by atoms with van der Waals surface area (Å²) in [5.74, 6) is -1.93. The van der Waals surface area contributed by atoms with Gasteiger partial charge in [0, 0.05) is 6.42 Å². The minimum atomic E-state index is -0.924. The first-order valence-electron chi connectivity index (χ1n) is 4.98. The minimum Gasteiger partial charge on any atom is -0.481 e. The van der Waals surface area contributed by atoms with E-state index in [9.17, 15) is 9.59 Å². The lowest BCUT2D eigenvalue weighted by Crippen LogP contribution is -2.23. The fourth-order valence-electron chi connectivity index (χ4n) is 0.463. The second-order valence-electron chi connectivity index (χ2n) is 3.01. The molecule has 0 amide bonds. The van der Waals surface area contributed by atoms with Gasteiger partial charge in [0.1, 0.15) is 0 Å². The number of carboxylic acid groups (broad SMARTS) is 2. The van der Waals surface area contributed by atoms with Crippen LogP contribution in [0.4, 0.5) is 0 Å². The molecule has 6 N–H and O–H groups in total. The van der Waals surface area contributed by atoms with Crippen LogP contribution in [0.3, 0.4) is 0 Å². The molecule has 0 heterocycles. The number of carboxylic acids is 2. The van der Waals surface area contributed by atoms with E-state index < -0.39 is 24.1 Å². The molecule has 0 saturated carbocycles. The summed E-state index contributed by atoms with van der Waals surface area (Å²) in [5, 5.41) is 49.0. The summed E-state index contributed by atoms with van der Waals surface area (Å²) in [5.41, 5.74) is 0. The Balaban J connectivity index is -0.000000219. The lowest BCUT2D eigenvalue weighted by Gasteiger charge is -2.09.